The van der Waals surface area contributed by atoms with Crippen LogP contribution >= 0.6 is 0 Å². The molecule has 3 nitrogen and oxygen atoms in total. The van der Waals surface area contributed by atoms with Crippen molar-refractivity contribution in [3.63, 3.8) is 0 Å². The van der Waals surface area contributed by atoms with Gasteiger partial charge in [0.1, 0.15) is 0 Å². The van der Waals surface area contributed by atoms with Crippen LogP contribution in [0.3, 0.4) is 0 Å². The summed E-state index contributed by atoms with van der Waals surface area (Å²) in [6, 6.07) is 0. The molecule has 3 heteroatoms. The van der Waals surface area contributed by atoms with Gasteiger partial charge in [0, 0.05) is 5.57 Å². The molecule has 0 radical (unpaired) electrons. The van der Waals surface area contributed by atoms with Crippen LogP contribution < -0.4 is 0 Å². The lowest BCUT2D eigenvalue weighted by molar-refractivity contribution is -0.151. The molecule has 0 N–H and O–H groups in total. The second-order valence-corrected chi connectivity index (χ2v) is 13.3. The van der Waals surface area contributed by atoms with Crippen molar-refractivity contribution in [1.82, 2.24) is 0 Å². The number of esters is 1. The number of ether oxygens (including phenoxy) is 2. The number of hydrogen-bond donors (Lipinski definition) is 0. The van der Waals surface area contributed by atoms with Gasteiger partial charge >= 0.3 is 5.97 Å². The van der Waals surface area contributed by atoms with Gasteiger partial charge in [0.15, 0.2) is 6.79 Å². The highest BCUT2D eigenvalue weighted by atomic mass is 16.7. The summed E-state index contributed by atoms with van der Waals surface area (Å²) >= 11 is 0. The lowest BCUT2D eigenvalue weighted by Gasteiger charge is -2.34. The molecule has 3 fully saturated rings. The predicted molar refractivity (Wildman–Crippen MR) is 169 cm³/mol. The molecule has 230 valence electrons. The number of hydrogen-bond acceptors (Lipinski definition) is 3. The Morgan fingerprint density at radius 2 is 0.850 bits per heavy atom. The second-order valence-electron chi connectivity index (χ2n) is 13.3. The molecule has 3 aliphatic rings. The van der Waals surface area contributed by atoms with Crippen LogP contribution in [0.5, 0.6) is 0 Å². The van der Waals surface area contributed by atoms with E-state index < -0.39 is 0 Å². The Morgan fingerprint density at radius 3 is 1.20 bits per heavy atom. The number of carbonyl (C=O) groups is 1. The van der Waals surface area contributed by atoms with Gasteiger partial charge in [-0.05, 0) is 56.3 Å². The summed E-state index contributed by atoms with van der Waals surface area (Å²) in [6.45, 7) is 4.23. The van der Waals surface area contributed by atoms with Crippen molar-refractivity contribution >= 4 is 5.97 Å². The van der Waals surface area contributed by atoms with Crippen molar-refractivity contribution in [1.29, 1.82) is 0 Å². The Morgan fingerprint density at radius 1 is 0.525 bits per heavy atom. The highest BCUT2D eigenvalue weighted by Crippen LogP contribution is 2.43. The molecule has 0 aromatic rings. The standard InChI is InChI=1S/C37H64O3/c1-2-30-39-31-40-37(38)36(34-28-22-16-10-5-11-17-23-29-34)35(32-24-18-12-6-3-7-13-19-25-32)33-26-20-14-8-4-9-15-21-27-33/h2,32-34H,1,3-31H2. The molecule has 0 aromatic heterocycles. The zero-order chi connectivity index (χ0) is 28.1. The van der Waals surface area contributed by atoms with Crippen LogP contribution in [-0.2, 0) is 14.3 Å². The summed E-state index contributed by atoms with van der Waals surface area (Å²) in [5, 5.41) is 0. The SMILES string of the molecule is C=CCOCOC(=O)C(=C(C1CCCCCCCCC1)C1CCCCCCCCC1)C1CCCCCCCCC1. The maximum Gasteiger partial charge on any atom is 0.336 e. The third-order valence-electron chi connectivity index (χ3n) is 10.1. The highest BCUT2D eigenvalue weighted by molar-refractivity contribution is 5.90. The quantitative estimate of drug-likeness (QED) is 0.0980. The van der Waals surface area contributed by atoms with E-state index in [0.29, 0.717) is 24.4 Å². The summed E-state index contributed by atoms with van der Waals surface area (Å²) in [7, 11) is 0. The molecular weight excluding hydrogens is 492 g/mol. The lowest BCUT2D eigenvalue weighted by atomic mass is 9.71. The van der Waals surface area contributed by atoms with Gasteiger partial charge in [0.25, 0.3) is 0 Å². The minimum Gasteiger partial charge on any atom is -0.435 e. The summed E-state index contributed by atoms with van der Waals surface area (Å²) in [6.07, 6.45) is 37.3. The van der Waals surface area contributed by atoms with E-state index in [4.69, 9.17) is 9.47 Å². The molecule has 3 saturated carbocycles. The van der Waals surface area contributed by atoms with E-state index in [1.165, 1.54) is 161 Å². The Kier molecular flexibility index (Phi) is 18.0. The van der Waals surface area contributed by atoms with E-state index in [2.05, 4.69) is 6.58 Å². The Labute approximate surface area is 248 Å². The average molecular weight is 557 g/mol. The molecule has 0 bridgehead atoms. The van der Waals surface area contributed by atoms with Gasteiger partial charge in [-0.25, -0.2) is 4.79 Å². The minimum atomic E-state index is -0.0460. The van der Waals surface area contributed by atoms with Gasteiger partial charge in [-0.2, -0.15) is 0 Å². The zero-order valence-corrected chi connectivity index (χ0v) is 26.2. The molecule has 0 amide bonds. The molecule has 0 saturated heterocycles. The van der Waals surface area contributed by atoms with E-state index in [0.717, 1.165) is 18.4 Å². The smallest absolute Gasteiger partial charge is 0.336 e. The van der Waals surface area contributed by atoms with Gasteiger partial charge in [0.2, 0.25) is 0 Å². The molecule has 0 unspecified atom stereocenters. The zero-order valence-electron chi connectivity index (χ0n) is 26.2. The topological polar surface area (TPSA) is 35.5 Å². The molecule has 0 aromatic carbocycles. The third kappa shape index (κ3) is 12.8. The van der Waals surface area contributed by atoms with Crippen LogP contribution in [0.15, 0.2) is 23.8 Å². The van der Waals surface area contributed by atoms with Crippen LogP contribution in [0.4, 0.5) is 0 Å². The summed E-state index contributed by atoms with van der Waals surface area (Å²) in [5.41, 5.74) is 2.71. The number of rotatable bonds is 8. The van der Waals surface area contributed by atoms with Gasteiger partial charge in [0.05, 0.1) is 6.61 Å². The van der Waals surface area contributed by atoms with Crippen LogP contribution in [0.2, 0.25) is 0 Å². The maximum absolute atomic E-state index is 14.3. The molecule has 3 rings (SSSR count). The van der Waals surface area contributed by atoms with Gasteiger partial charge in [-0.15, -0.1) is 6.58 Å². The van der Waals surface area contributed by atoms with Crippen LogP contribution in [0.1, 0.15) is 173 Å². The molecule has 0 aliphatic heterocycles. The largest absolute Gasteiger partial charge is 0.435 e. The fourth-order valence-corrected chi connectivity index (χ4v) is 7.94. The lowest BCUT2D eigenvalue weighted by Crippen LogP contribution is -2.27. The van der Waals surface area contributed by atoms with Crippen molar-refractivity contribution < 1.29 is 14.3 Å². The van der Waals surface area contributed by atoms with Gasteiger partial charge in [-0.3, -0.25) is 0 Å². The maximum atomic E-state index is 14.3. The third-order valence-corrected chi connectivity index (χ3v) is 10.1. The fourth-order valence-electron chi connectivity index (χ4n) is 7.94. The Hall–Kier alpha value is -1.09. The average Bonchev–Trinajstić information content (AvgIpc) is 2.98. The highest BCUT2D eigenvalue weighted by Gasteiger charge is 2.33. The second kappa shape index (κ2) is 21.6. The van der Waals surface area contributed by atoms with Crippen molar-refractivity contribution in [3.8, 4) is 0 Å². The van der Waals surface area contributed by atoms with Gasteiger partial charge < -0.3 is 9.47 Å². The monoisotopic (exact) mass is 556 g/mol. The number of carbonyl (C=O) groups excluding carboxylic acids is 1. The minimum absolute atomic E-state index is 0.0453. The molecule has 40 heavy (non-hydrogen) atoms. The first kappa shape index (κ1) is 33.4. The van der Waals surface area contributed by atoms with E-state index >= 15 is 0 Å². The molecule has 0 spiro atoms. The first-order valence-corrected chi connectivity index (χ1v) is 17.9. The van der Waals surface area contributed by atoms with Crippen molar-refractivity contribution in [2.75, 3.05) is 13.4 Å². The van der Waals surface area contributed by atoms with Crippen LogP contribution in [0.25, 0.3) is 0 Å². The van der Waals surface area contributed by atoms with E-state index in [1.807, 2.05) is 0 Å². The normalized spacial score (nSPS) is 23.0. The van der Waals surface area contributed by atoms with Crippen molar-refractivity contribution in [2.45, 2.75) is 173 Å². The molecule has 0 atom stereocenters. The predicted octanol–water partition coefficient (Wildman–Crippen LogP) is 11.4. The van der Waals surface area contributed by atoms with Crippen LogP contribution in [0, 0.1) is 17.8 Å². The first-order valence-electron chi connectivity index (χ1n) is 17.9. The van der Waals surface area contributed by atoms with Crippen molar-refractivity contribution in [2.24, 2.45) is 17.8 Å². The summed E-state index contributed by atoms with van der Waals surface area (Å²) in [5.74, 6) is 1.41. The fraction of sp³-hybridized carbons (Fsp3) is 0.865. The van der Waals surface area contributed by atoms with E-state index in [1.54, 1.807) is 11.6 Å². The van der Waals surface area contributed by atoms with Crippen LogP contribution in [-0.4, -0.2) is 19.4 Å². The Bertz CT molecular complexity index is 652. The Balaban J connectivity index is 2.02. The van der Waals surface area contributed by atoms with E-state index in [9.17, 15) is 4.79 Å². The summed E-state index contributed by atoms with van der Waals surface area (Å²) < 4.78 is 11.6. The van der Waals surface area contributed by atoms with Crippen molar-refractivity contribution in [3.05, 3.63) is 23.8 Å². The molecular formula is C37H64O3. The summed E-state index contributed by atoms with van der Waals surface area (Å²) in [4.78, 5) is 14.3. The number of allylic oxidation sites excluding steroid dienone is 1. The molecule has 3 aliphatic carbocycles. The van der Waals surface area contributed by atoms with E-state index in [-0.39, 0.29) is 12.8 Å². The van der Waals surface area contributed by atoms with Gasteiger partial charge in [-0.1, -0.05) is 146 Å². The molecule has 0 heterocycles. The first-order chi connectivity index (χ1) is 19.8.